The summed E-state index contributed by atoms with van der Waals surface area (Å²) < 4.78 is 32.4. The van der Waals surface area contributed by atoms with E-state index in [2.05, 4.69) is 0 Å². The Balaban J connectivity index is 2.44. The molecule has 0 saturated heterocycles. The molecule has 5 nitrogen and oxygen atoms in total. The summed E-state index contributed by atoms with van der Waals surface area (Å²) in [6, 6.07) is 12.0. The van der Waals surface area contributed by atoms with E-state index in [4.69, 9.17) is 33.7 Å². The molecule has 0 aromatic heterocycles. The van der Waals surface area contributed by atoms with Crippen molar-refractivity contribution in [3.05, 3.63) is 58.1 Å². The first-order valence-electron chi connectivity index (χ1n) is 7.13. The minimum absolute atomic E-state index is 0.00419. The molecule has 0 saturated carbocycles. The van der Waals surface area contributed by atoms with Crippen LogP contribution in [0.15, 0.2) is 47.4 Å². The van der Waals surface area contributed by atoms with E-state index in [1.54, 1.807) is 0 Å². The van der Waals surface area contributed by atoms with Crippen LogP contribution in [-0.2, 0) is 21.3 Å². The number of hydrogen-bond acceptors (Lipinski definition) is 4. The van der Waals surface area contributed by atoms with Crippen LogP contribution in [0.3, 0.4) is 0 Å². The summed E-state index contributed by atoms with van der Waals surface area (Å²) in [7, 11) is -2.40. The van der Waals surface area contributed by atoms with Gasteiger partial charge < -0.3 is 10.5 Å². The highest BCUT2D eigenvalue weighted by Gasteiger charge is 2.29. The summed E-state index contributed by atoms with van der Waals surface area (Å²) in [6.07, 6.45) is 0. The van der Waals surface area contributed by atoms with E-state index in [0.29, 0.717) is 0 Å². The SMILES string of the molecule is COCCN(Cc1ccccc1)S(=O)(=O)c1c(N)cc(Cl)cc1Cl. The summed E-state index contributed by atoms with van der Waals surface area (Å²) >= 11 is 12.0. The number of nitrogens with two attached hydrogens (primary N) is 1. The molecule has 0 aliphatic rings. The van der Waals surface area contributed by atoms with Gasteiger partial charge in [-0.05, 0) is 17.7 Å². The number of hydrogen-bond donors (Lipinski definition) is 1. The molecular weight excluding hydrogens is 371 g/mol. The van der Waals surface area contributed by atoms with Gasteiger partial charge in [0.1, 0.15) is 4.90 Å². The molecule has 2 rings (SSSR count). The highest BCUT2D eigenvalue weighted by molar-refractivity contribution is 7.89. The number of methoxy groups -OCH3 is 1. The van der Waals surface area contributed by atoms with Gasteiger partial charge in [0.05, 0.1) is 17.3 Å². The molecule has 24 heavy (non-hydrogen) atoms. The number of nitrogens with zero attached hydrogens (tertiary/aromatic N) is 1. The molecule has 0 radical (unpaired) electrons. The summed E-state index contributed by atoms with van der Waals surface area (Å²) in [4.78, 5) is -0.138. The van der Waals surface area contributed by atoms with Crippen molar-refractivity contribution in [2.45, 2.75) is 11.4 Å². The largest absolute Gasteiger partial charge is 0.398 e. The number of sulfonamides is 1. The van der Waals surface area contributed by atoms with Crippen molar-refractivity contribution < 1.29 is 13.2 Å². The van der Waals surface area contributed by atoms with E-state index in [-0.39, 0.29) is 40.3 Å². The zero-order valence-corrected chi connectivity index (χ0v) is 15.4. The number of benzene rings is 2. The van der Waals surface area contributed by atoms with Crippen molar-refractivity contribution in [3.8, 4) is 0 Å². The maximum Gasteiger partial charge on any atom is 0.246 e. The summed E-state index contributed by atoms with van der Waals surface area (Å²) in [5.74, 6) is 0. The molecule has 0 unspecified atom stereocenters. The average molecular weight is 389 g/mol. The zero-order chi connectivity index (χ0) is 17.7. The Morgan fingerprint density at radius 3 is 2.42 bits per heavy atom. The molecule has 0 atom stereocenters. The van der Waals surface area contributed by atoms with Crippen LogP contribution in [0.2, 0.25) is 10.0 Å². The lowest BCUT2D eigenvalue weighted by Gasteiger charge is -2.23. The number of anilines is 1. The first-order chi connectivity index (χ1) is 11.4. The summed E-state index contributed by atoms with van der Waals surface area (Å²) in [6.45, 7) is 0.605. The van der Waals surface area contributed by atoms with Gasteiger partial charge >= 0.3 is 0 Å². The van der Waals surface area contributed by atoms with Gasteiger partial charge in [-0.1, -0.05) is 53.5 Å². The van der Waals surface area contributed by atoms with E-state index in [1.165, 1.54) is 23.5 Å². The number of ether oxygens (including phenoxy) is 1. The van der Waals surface area contributed by atoms with Crippen molar-refractivity contribution in [2.24, 2.45) is 0 Å². The van der Waals surface area contributed by atoms with Crippen LogP contribution >= 0.6 is 23.2 Å². The topological polar surface area (TPSA) is 72.6 Å². The van der Waals surface area contributed by atoms with Gasteiger partial charge in [-0.2, -0.15) is 4.31 Å². The molecule has 8 heteroatoms. The first kappa shape index (κ1) is 19.0. The maximum absolute atomic E-state index is 13.1. The van der Waals surface area contributed by atoms with Crippen molar-refractivity contribution in [3.63, 3.8) is 0 Å². The fourth-order valence-electron chi connectivity index (χ4n) is 2.25. The second-order valence-corrected chi connectivity index (χ2v) is 7.84. The first-order valence-corrected chi connectivity index (χ1v) is 9.33. The Hall–Kier alpha value is -1.31. The number of rotatable bonds is 7. The number of halogens is 2. The van der Waals surface area contributed by atoms with E-state index < -0.39 is 10.0 Å². The van der Waals surface area contributed by atoms with Gasteiger partial charge in [0.25, 0.3) is 0 Å². The van der Waals surface area contributed by atoms with Crippen LogP contribution in [0.4, 0.5) is 5.69 Å². The molecule has 130 valence electrons. The Labute approximate surface area is 152 Å². The minimum atomic E-state index is -3.91. The van der Waals surface area contributed by atoms with Gasteiger partial charge in [0.15, 0.2) is 0 Å². The molecule has 2 N–H and O–H groups in total. The fourth-order valence-corrected chi connectivity index (χ4v) is 4.60. The minimum Gasteiger partial charge on any atom is -0.398 e. The van der Waals surface area contributed by atoms with Crippen LogP contribution in [-0.4, -0.2) is 33.0 Å². The number of nitrogen functional groups attached to an aromatic ring is 1. The van der Waals surface area contributed by atoms with Crippen LogP contribution in [0.1, 0.15) is 5.56 Å². The molecule has 0 aliphatic heterocycles. The highest BCUT2D eigenvalue weighted by atomic mass is 35.5. The molecule has 0 heterocycles. The molecule has 0 fully saturated rings. The van der Waals surface area contributed by atoms with Crippen molar-refractivity contribution in [1.82, 2.24) is 4.31 Å². The van der Waals surface area contributed by atoms with Gasteiger partial charge in [-0.3, -0.25) is 0 Å². The Kier molecular flexibility index (Phi) is 6.48. The molecule has 0 aliphatic carbocycles. The van der Waals surface area contributed by atoms with Crippen molar-refractivity contribution >= 4 is 38.9 Å². The lowest BCUT2D eigenvalue weighted by molar-refractivity contribution is 0.177. The van der Waals surface area contributed by atoms with Crippen LogP contribution in [0, 0.1) is 0 Å². The quantitative estimate of drug-likeness (QED) is 0.737. The zero-order valence-electron chi connectivity index (χ0n) is 13.1. The Bertz CT molecular complexity index is 775. The van der Waals surface area contributed by atoms with Crippen LogP contribution in [0.25, 0.3) is 0 Å². The molecule has 0 amide bonds. The highest BCUT2D eigenvalue weighted by Crippen LogP contribution is 2.33. The smallest absolute Gasteiger partial charge is 0.246 e. The molecule has 0 bridgehead atoms. The fraction of sp³-hybridized carbons (Fsp3) is 0.250. The lowest BCUT2D eigenvalue weighted by atomic mass is 10.2. The molecule has 2 aromatic carbocycles. The summed E-state index contributed by atoms with van der Waals surface area (Å²) in [5.41, 5.74) is 6.73. The van der Waals surface area contributed by atoms with Crippen LogP contribution < -0.4 is 5.73 Å². The summed E-state index contributed by atoms with van der Waals surface area (Å²) in [5, 5.41) is 0.276. The standard InChI is InChI=1S/C16H18Cl2N2O3S/c1-23-8-7-20(11-12-5-3-2-4-6-12)24(21,22)16-14(18)9-13(17)10-15(16)19/h2-6,9-10H,7-8,11,19H2,1H3. The Morgan fingerprint density at radius 1 is 1.17 bits per heavy atom. The monoisotopic (exact) mass is 388 g/mol. The second-order valence-electron chi connectivity index (χ2n) is 5.12. The third kappa shape index (κ3) is 4.40. The normalized spacial score (nSPS) is 11.8. The van der Waals surface area contributed by atoms with E-state index in [0.717, 1.165) is 5.56 Å². The van der Waals surface area contributed by atoms with E-state index >= 15 is 0 Å². The van der Waals surface area contributed by atoms with Crippen LogP contribution in [0.5, 0.6) is 0 Å². The van der Waals surface area contributed by atoms with Crippen molar-refractivity contribution in [2.75, 3.05) is 26.0 Å². The predicted molar refractivity (Wildman–Crippen MR) is 96.8 cm³/mol. The molecule has 0 spiro atoms. The van der Waals surface area contributed by atoms with Crippen molar-refractivity contribution in [1.29, 1.82) is 0 Å². The third-order valence-corrected chi connectivity index (χ3v) is 5.97. The third-order valence-electron chi connectivity index (χ3n) is 3.38. The predicted octanol–water partition coefficient (Wildman–Crippen LogP) is 3.41. The van der Waals surface area contributed by atoms with E-state index in [1.807, 2.05) is 30.3 Å². The Morgan fingerprint density at radius 2 is 1.83 bits per heavy atom. The van der Waals surface area contributed by atoms with E-state index in [9.17, 15) is 8.42 Å². The maximum atomic E-state index is 13.1. The van der Waals surface area contributed by atoms with Gasteiger partial charge in [0.2, 0.25) is 10.0 Å². The lowest BCUT2D eigenvalue weighted by Crippen LogP contribution is -2.34. The van der Waals surface area contributed by atoms with Gasteiger partial charge in [-0.15, -0.1) is 0 Å². The molecular formula is C16H18Cl2N2O3S. The average Bonchev–Trinajstić information content (AvgIpc) is 2.51. The second kappa shape index (κ2) is 8.18. The van der Waals surface area contributed by atoms with Gasteiger partial charge in [0, 0.05) is 25.2 Å². The molecule has 2 aromatic rings. The van der Waals surface area contributed by atoms with Gasteiger partial charge in [-0.25, -0.2) is 8.42 Å².